The summed E-state index contributed by atoms with van der Waals surface area (Å²) in [6, 6.07) is -1.00. The van der Waals surface area contributed by atoms with Gasteiger partial charge in [-0.25, -0.2) is 12.8 Å². The lowest BCUT2D eigenvalue weighted by Crippen LogP contribution is -2.49. The number of hydrogen-bond acceptors (Lipinski definition) is 6. The van der Waals surface area contributed by atoms with Crippen molar-refractivity contribution in [3.8, 4) is 0 Å². The molecule has 0 saturated heterocycles. The first-order valence-electron chi connectivity index (χ1n) is 10.2. The minimum absolute atomic E-state index is 0.0168. The molecule has 2 rings (SSSR count). The Morgan fingerprint density at radius 1 is 1.18 bits per heavy atom. The summed E-state index contributed by atoms with van der Waals surface area (Å²) in [5.74, 6) is -0.797. The van der Waals surface area contributed by atoms with Gasteiger partial charge in [0.1, 0.15) is 16.5 Å². The maximum absolute atomic E-state index is 13.5. The topological polar surface area (TPSA) is 124 Å². The molecular formula is C18H33BFNO6S. The van der Waals surface area contributed by atoms with Crippen molar-refractivity contribution in [2.24, 2.45) is 11.8 Å². The molecule has 2 aliphatic rings. The third-order valence-corrected chi connectivity index (χ3v) is 8.13. The average Bonchev–Trinajstić information content (AvgIpc) is 2.65. The Hall–Kier alpha value is -0.705. The van der Waals surface area contributed by atoms with E-state index in [1.807, 2.05) is 0 Å². The van der Waals surface area contributed by atoms with E-state index in [2.05, 4.69) is 5.32 Å². The van der Waals surface area contributed by atoms with E-state index in [0.717, 1.165) is 19.3 Å². The van der Waals surface area contributed by atoms with Crippen molar-refractivity contribution in [1.29, 1.82) is 0 Å². The summed E-state index contributed by atoms with van der Waals surface area (Å²) in [4.78, 5) is 12.3. The van der Waals surface area contributed by atoms with Crippen LogP contribution in [-0.2, 0) is 14.6 Å². The Morgan fingerprint density at radius 2 is 1.82 bits per heavy atom. The minimum atomic E-state index is -3.11. The Balaban J connectivity index is 1.83. The molecule has 2 aliphatic carbocycles. The molecule has 2 fully saturated rings. The summed E-state index contributed by atoms with van der Waals surface area (Å²) in [5, 5.41) is 31.4. The van der Waals surface area contributed by atoms with Gasteiger partial charge in [-0.2, -0.15) is 0 Å². The normalized spacial score (nSPS) is 31.0. The lowest BCUT2D eigenvalue weighted by Gasteiger charge is -2.34. The summed E-state index contributed by atoms with van der Waals surface area (Å²) in [7, 11) is -4.49. The third-order valence-electron chi connectivity index (χ3n) is 6.45. The molecule has 4 atom stereocenters. The van der Waals surface area contributed by atoms with Crippen molar-refractivity contribution < 1.29 is 32.8 Å². The van der Waals surface area contributed by atoms with Crippen molar-refractivity contribution >= 4 is 22.9 Å². The van der Waals surface area contributed by atoms with Crippen LogP contribution in [0.4, 0.5) is 4.39 Å². The van der Waals surface area contributed by atoms with Crippen LogP contribution in [0.5, 0.6) is 0 Å². The summed E-state index contributed by atoms with van der Waals surface area (Å²) in [5.41, 5.74) is 0. The molecule has 0 radical (unpaired) electrons. The molecular weight excluding hydrogens is 388 g/mol. The molecule has 1 amide bonds. The van der Waals surface area contributed by atoms with Crippen molar-refractivity contribution in [2.75, 3.05) is 12.9 Å². The van der Waals surface area contributed by atoms with E-state index in [1.165, 1.54) is 6.26 Å². The largest absolute Gasteiger partial charge is 0.454 e. The molecule has 3 unspecified atom stereocenters. The molecule has 10 heteroatoms. The van der Waals surface area contributed by atoms with E-state index in [0.29, 0.717) is 32.1 Å². The van der Waals surface area contributed by atoms with Crippen molar-refractivity contribution in [3.05, 3.63) is 0 Å². The van der Waals surface area contributed by atoms with Gasteiger partial charge in [0.2, 0.25) is 5.91 Å². The van der Waals surface area contributed by atoms with Gasteiger partial charge in [0, 0.05) is 12.7 Å². The molecule has 4 N–H and O–H groups in total. The number of halogens is 1. The molecule has 0 aromatic carbocycles. The highest BCUT2D eigenvalue weighted by atomic mass is 32.2. The average molecular weight is 421 g/mol. The number of amides is 1. The van der Waals surface area contributed by atoms with Crippen LogP contribution in [0, 0.1) is 11.8 Å². The number of aliphatic hydroxyl groups is 1. The zero-order chi connectivity index (χ0) is 20.9. The van der Waals surface area contributed by atoms with E-state index < -0.39 is 41.0 Å². The Labute approximate surface area is 167 Å². The summed E-state index contributed by atoms with van der Waals surface area (Å²) in [6.07, 6.45) is 5.11. The van der Waals surface area contributed by atoms with Gasteiger partial charge in [0.15, 0.2) is 0 Å². The van der Waals surface area contributed by atoms with Crippen LogP contribution >= 0.6 is 0 Å². The van der Waals surface area contributed by atoms with Gasteiger partial charge in [-0.15, -0.1) is 0 Å². The molecule has 0 spiro atoms. The van der Waals surface area contributed by atoms with Gasteiger partial charge in [0.25, 0.3) is 0 Å². The lowest BCUT2D eigenvalue weighted by atomic mass is 9.62. The molecule has 0 aromatic rings. The molecule has 2 saturated carbocycles. The Kier molecular flexibility index (Phi) is 8.72. The zero-order valence-electron chi connectivity index (χ0n) is 16.5. The lowest BCUT2D eigenvalue weighted by molar-refractivity contribution is -0.124. The Bertz CT molecular complexity index is 611. The second-order valence-electron chi connectivity index (χ2n) is 8.60. The van der Waals surface area contributed by atoms with Gasteiger partial charge < -0.3 is 20.5 Å². The van der Waals surface area contributed by atoms with E-state index in [-0.39, 0.29) is 30.0 Å². The molecule has 28 heavy (non-hydrogen) atoms. The fourth-order valence-electron chi connectivity index (χ4n) is 4.72. The first-order valence-corrected chi connectivity index (χ1v) is 12.2. The highest BCUT2D eigenvalue weighted by Gasteiger charge is 2.36. The quantitative estimate of drug-likeness (QED) is 0.431. The van der Waals surface area contributed by atoms with Crippen molar-refractivity contribution in [3.63, 3.8) is 0 Å². The number of hydrogen-bond donors (Lipinski definition) is 4. The maximum Gasteiger partial charge on any atom is 0.454 e. The summed E-state index contributed by atoms with van der Waals surface area (Å²) < 4.78 is 36.8. The number of aliphatic hydroxyl groups excluding tert-OH is 1. The standard InChI is InChI=1S/C18H33BFNO6S/c1-28(26,27)15-7-5-13(6-8-15)18(23)16(11-20)21-17(22)10-12-3-2-4-14(9-12)19(24)25/h12-16,18,23-25H,2-11H2,1H3,(H,21,22)/t12?,13?,14?,15?,16?,18-/m0/s1. The summed E-state index contributed by atoms with van der Waals surface area (Å²) in [6.45, 7) is -0.887. The number of carbonyl (C=O) groups excluding carboxylic acids is 1. The SMILES string of the molecule is CS(=O)(=O)C1CCC([C@H](O)C(CF)NC(=O)CC2CCCC(B(O)O)C2)CC1. The zero-order valence-corrected chi connectivity index (χ0v) is 17.3. The number of rotatable bonds is 8. The predicted molar refractivity (Wildman–Crippen MR) is 105 cm³/mol. The molecule has 162 valence electrons. The van der Waals surface area contributed by atoms with E-state index in [1.54, 1.807) is 0 Å². The van der Waals surface area contributed by atoms with Crippen molar-refractivity contribution in [1.82, 2.24) is 5.32 Å². The first-order chi connectivity index (χ1) is 13.1. The molecule has 0 bridgehead atoms. The van der Waals surface area contributed by atoms with Gasteiger partial charge in [-0.3, -0.25) is 4.79 Å². The number of carbonyl (C=O) groups is 1. The van der Waals surface area contributed by atoms with E-state index in [4.69, 9.17) is 0 Å². The van der Waals surface area contributed by atoms with Gasteiger partial charge in [0.05, 0.1) is 17.4 Å². The molecule has 0 aliphatic heterocycles. The molecule has 7 nitrogen and oxygen atoms in total. The maximum atomic E-state index is 13.5. The monoisotopic (exact) mass is 421 g/mol. The summed E-state index contributed by atoms with van der Waals surface area (Å²) >= 11 is 0. The Morgan fingerprint density at radius 3 is 2.36 bits per heavy atom. The van der Waals surface area contributed by atoms with Crippen LogP contribution in [0.3, 0.4) is 0 Å². The smallest absolute Gasteiger partial charge is 0.427 e. The van der Waals surface area contributed by atoms with Gasteiger partial charge >= 0.3 is 7.12 Å². The first kappa shape index (κ1) is 23.6. The predicted octanol–water partition coefficient (Wildman–Crippen LogP) is 0.828. The van der Waals surface area contributed by atoms with Crippen LogP contribution in [0.1, 0.15) is 57.8 Å². The minimum Gasteiger partial charge on any atom is -0.427 e. The van der Waals surface area contributed by atoms with Gasteiger partial charge in [-0.05, 0) is 56.2 Å². The van der Waals surface area contributed by atoms with Crippen LogP contribution in [0.15, 0.2) is 0 Å². The highest BCUT2D eigenvalue weighted by Crippen LogP contribution is 2.36. The van der Waals surface area contributed by atoms with Crippen LogP contribution in [-0.4, -0.2) is 66.9 Å². The fraction of sp³-hybridized carbons (Fsp3) is 0.944. The number of sulfone groups is 1. The second-order valence-corrected chi connectivity index (χ2v) is 10.9. The van der Waals surface area contributed by atoms with Crippen LogP contribution < -0.4 is 5.32 Å². The number of alkyl halides is 1. The molecule has 0 aromatic heterocycles. The van der Waals surface area contributed by atoms with Crippen LogP contribution in [0.25, 0.3) is 0 Å². The highest BCUT2D eigenvalue weighted by molar-refractivity contribution is 7.91. The van der Waals surface area contributed by atoms with E-state index >= 15 is 0 Å². The fourth-order valence-corrected chi connectivity index (χ4v) is 5.85. The second kappa shape index (κ2) is 10.4. The van der Waals surface area contributed by atoms with Gasteiger partial charge in [-0.1, -0.05) is 12.8 Å². The van der Waals surface area contributed by atoms with Crippen molar-refractivity contribution in [2.45, 2.75) is 81.0 Å². The molecule has 0 heterocycles. The third kappa shape index (κ3) is 6.67. The van der Waals surface area contributed by atoms with Crippen LogP contribution in [0.2, 0.25) is 5.82 Å². The van der Waals surface area contributed by atoms with E-state index in [9.17, 15) is 32.8 Å². The number of nitrogens with one attached hydrogen (secondary N) is 1.